The second-order valence-electron chi connectivity index (χ2n) is 6.92. The zero-order valence-electron chi connectivity index (χ0n) is 14.6. The molecule has 0 aliphatic heterocycles. The molecule has 23 heavy (non-hydrogen) atoms. The van der Waals surface area contributed by atoms with Gasteiger partial charge in [0.2, 0.25) is 0 Å². The normalized spacial score (nSPS) is 13.1. The van der Waals surface area contributed by atoms with Gasteiger partial charge in [-0.1, -0.05) is 18.2 Å². The maximum absolute atomic E-state index is 12.0. The molecule has 0 aliphatic carbocycles. The smallest absolute Gasteiger partial charge is 0.407 e. The first-order valence-corrected chi connectivity index (χ1v) is 7.95. The maximum Gasteiger partial charge on any atom is 0.407 e. The second kappa shape index (κ2) is 6.62. The van der Waals surface area contributed by atoms with Gasteiger partial charge in [0.15, 0.2) is 0 Å². The summed E-state index contributed by atoms with van der Waals surface area (Å²) in [6.45, 7) is 7.99. The first-order valence-electron chi connectivity index (χ1n) is 7.95. The zero-order valence-corrected chi connectivity index (χ0v) is 14.6. The average molecular weight is 317 g/mol. The highest BCUT2D eigenvalue weighted by molar-refractivity contribution is 5.85. The Bertz CT molecular complexity index is 698. The SMILES string of the molecule is Cc1c(CC(CN)NC(=O)OC(C)(C)C)c2ccccc2n1C. The number of aryl methyl sites for hydroxylation is 1. The molecule has 0 saturated carbocycles. The lowest BCUT2D eigenvalue weighted by Gasteiger charge is -2.23. The number of carbonyl (C=O) groups is 1. The Kier molecular flexibility index (Phi) is 5.00. The minimum Gasteiger partial charge on any atom is -0.444 e. The third-order valence-electron chi connectivity index (χ3n) is 3.99. The second-order valence-corrected chi connectivity index (χ2v) is 6.92. The van der Waals surface area contributed by atoms with Gasteiger partial charge < -0.3 is 20.4 Å². The van der Waals surface area contributed by atoms with Gasteiger partial charge in [-0.15, -0.1) is 0 Å². The number of fused-ring (bicyclic) bond motifs is 1. The third kappa shape index (κ3) is 4.05. The number of amides is 1. The number of alkyl carbamates (subject to hydrolysis) is 1. The number of rotatable bonds is 4. The Morgan fingerprint density at radius 2 is 2.00 bits per heavy atom. The van der Waals surface area contributed by atoms with Crippen molar-refractivity contribution in [2.45, 2.75) is 45.8 Å². The van der Waals surface area contributed by atoms with E-state index in [1.54, 1.807) is 0 Å². The van der Waals surface area contributed by atoms with Gasteiger partial charge in [-0.2, -0.15) is 0 Å². The number of benzene rings is 1. The van der Waals surface area contributed by atoms with E-state index in [0.717, 1.165) is 0 Å². The summed E-state index contributed by atoms with van der Waals surface area (Å²) in [6.07, 6.45) is 0.258. The summed E-state index contributed by atoms with van der Waals surface area (Å²) in [6, 6.07) is 8.12. The molecule has 1 heterocycles. The van der Waals surface area contributed by atoms with E-state index in [1.807, 2.05) is 32.9 Å². The van der Waals surface area contributed by atoms with Crippen LogP contribution in [0.4, 0.5) is 4.79 Å². The molecule has 1 amide bonds. The molecule has 5 nitrogen and oxygen atoms in total. The summed E-state index contributed by atoms with van der Waals surface area (Å²) in [5, 5.41) is 4.08. The quantitative estimate of drug-likeness (QED) is 0.911. The minimum atomic E-state index is -0.515. The molecular weight excluding hydrogens is 290 g/mol. The molecule has 2 aromatic rings. The Labute approximate surface area is 137 Å². The van der Waals surface area contributed by atoms with Crippen molar-refractivity contribution in [1.82, 2.24) is 9.88 Å². The number of ether oxygens (including phenoxy) is 1. The first kappa shape index (κ1) is 17.3. The van der Waals surface area contributed by atoms with Crippen LogP contribution in [0.25, 0.3) is 10.9 Å². The molecule has 0 fully saturated rings. The number of hydrogen-bond acceptors (Lipinski definition) is 3. The summed E-state index contributed by atoms with van der Waals surface area (Å²) in [5.74, 6) is 0. The van der Waals surface area contributed by atoms with Crippen molar-refractivity contribution in [2.75, 3.05) is 6.54 Å². The lowest BCUT2D eigenvalue weighted by Crippen LogP contribution is -2.44. The first-order chi connectivity index (χ1) is 10.7. The van der Waals surface area contributed by atoms with E-state index in [1.165, 1.54) is 22.2 Å². The molecule has 1 aromatic heterocycles. The highest BCUT2D eigenvalue weighted by atomic mass is 16.6. The van der Waals surface area contributed by atoms with E-state index >= 15 is 0 Å². The number of para-hydroxylation sites is 1. The molecule has 0 bridgehead atoms. The molecule has 126 valence electrons. The number of hydrogen-bond donors (Lipinski definition) is 2. The van der Waals surface area contributed by atoms with Gasteiger partial charge in [0.25, 0.3) is 0 Å². The van der Waals surface area contributed by atoms with Crippen molar-refractivity contribution < 1.29 is 9.53 Å². The van der Waals surface area contributed by atoms with Gasteiger partial charge in [0, 0.05) is 36.2 Å². The van der Waals surface area contributed by atoms with Crippen LogP contribution in [0.1, 0.15) is 32.0 Å². The predicted octanol–water partition coefficient (Wildman–Crippen LogP) is 2.88. The summed E-state index contributed by atoms with van der Waals surface area (Å²) < 4.78 is 7.49. The number of carbonyl (C=O) groups excluding carboxylic acids is 1. The average Bonchev–Trinajstić information content (AvgIpc) is 2.70. The Morgan fingerprint density at radius 1 is 1.35 bits per heavy atom. The van der Waals surface area contributed by atoms with Crippen LogP contribution in [0.3, 0.4) is 0 Å². The molecular formula is C18H27N3O2. The highest BCUT2D eigenvalue weighted by Crippen LogP contribution is 2.25. The maximum atomic E-state index is 12.0. The molecule has 1 atom stereocenters. The summed E-state index contributed by atoms with van der Waals surface area (Å²) in [4.78, 5) is 12.0. The van der Waals surface area contributed by atoms with E-state index in [9.17, 15) is 4.79 Å². The lowest BCUT2D eigenvalue weighted by atomic mass is 10.0. The summed E-state index contributed by atoms with van der Waals surface area (Å²) >= 11 is 0. The fourth-order valence-electron chi connectivity index (χ4n) is 2.77. The van der Waals surface area contributed by atoms with Gasteiger partial charge in [-0.25, -0.2) is 4.79 Å². The summed E-state index contributed by atoms with van der Waals surface area (Å²) in [5.41, 5.74) is 8.94. The molecule has 2 rings (SSSR count). The monoisotopic (exact) mass is 317 g/mol. The van der Waals surface area contributed by atoms with Crippen LogP contribution in [0, 0.1) is 6.92 Å². The van der Waals surface area contributed by atoms with Crippen LogP contribution in [-0.2, 0) is 18.2 Å². The Balaban J connectivity index is 2.20. The third-order valence-corrected chi connectivity index (χ3v) is 3.99. The van der Waals surface area contributed by atoms with Crippen LogP contribution < -0.4 is 11.1 Å². The number of aromatic nitrogens is 1. The number of nitrogens with one attached hydrogen (secondary N) is 1. The highest BCUT2D eigenvalue weighted by Gasteiger charge is 2.21. The van der Waals surface area contributed by atoms with E-state index in [4.69, 9.17) is 10.5 Å². The van der Waals surface area contributed by atoms with Gasteiger partial charge in [0.05, 0.1) is 0 Å². The van der Waals surface area contributed by atoms with Crippen LogP contribution in [0.15, 0.2) is 24.3 Å². The standard InChI is InChI=1S/C18H27N3O2/c1-12-15(14-8-6-7-9-16(14)21(12)5)10-13(11-19)20-17(22)23-18(2,3)4/h6-9,13H,10-11,19H2,1-5H3,(H,20,22). The van der Waals surface area contributed by atoms with Crippen molar-refractivity contribution in [3.8, 4) is 0 Å². The molecule has 5 heteroatoms. The van der Waals surface area contributed by atoms with Crippen molar-refractivity contribution in [1.29, 1.82) is 0 Å². The van der Waals surface area contributed by atoms with Crippen LogP contribution >= 0.6 is 0 Å². The van der Waals surface area contributed by atoms with Crippen LogP contribution in [0.2, 0.25) is 0 Å². The van der Waals surface area contributed by atoms with Gasteiger partial charge in [0.1, 0.15) is 5.60 Å². The molecule has 0 radical (unpaired) electrons. The molecule has 3 N–H and O–H groups in total. The van der Waals surface area contributed by atoms with E-state index in [-0.39, 0.29) is 6.04 Å². The van der Waals surface area contributed by atoms with Crippen molar-refractivity contribution in [3.05, 3.63) is 35.5 Å². The van der Waals surface area contributed by atoms with Gasteiger partial charge in [-0.05, 0) is 45.7 Å². The van der Waals surface area contributed by atoms with Crippen LogP contribution in [0.5, 0.6) is 0 Å². The molecule has 0 saturated heterocycles. The molecule has 0 aliphatic rings. The van der Waals surface area contributed by atoms with Crippen molar-refractivity contribution in [2.24, 2.45) is 12.8 Å². The van der Waals surface area contributed by atoms with Crippen molar-refractivity contribution >= 4 is 17.0 Å². The largest absolute Gasteiger partial charge is 0.444 e. The van der Waals surface area contributed by atoms with Gasteiger partial charge >= 0.3 is 6.09 Å². The Morgan fingerprint density at radius 3 is 2.61 bits per heavy atom. The van der Waals surface area contributed by atoms with Gasteiger partial charge in [-0.3, -0.25) is 0 Å². The zero-order chi connectivity index (χ0) is 17.2. The molecule has 1 aromatic carbocycles. The fourth-order valence-corrected chi connectivity index (χ4v) is 2.77. The predicted molar refractivity (Wildman–Crippen MR) is 93.6 cm³/mol. The van der Waals surface area contributed by atoms with Crippen molar-refractivity contribution in [3.63, 3.8) is 0 Å². The number of nitrogens with two attached hydrogens (primary N) is 1. The number of nitrogens with zero attached hydrogens (tertiary/aromatic N) is 1. The van der Waals surface area contributed by atoms with Crippen LogP contribution in [-0.4, -0.2) is 28.8 Å². The Hall–Kier alpha value is -2.01. The molecule has 0 spiro atoms. The molecule has 1 unspecified atom stereocenters. The topological polar surface area (TPSA) is 69.3 Å². The lowest BCUT2D eigenvalue weighted by molar-refractivity contribution is 0.0506. The van der Waals surface area contributed by atoms with E-state index in [2.05, 4.69) is 36.0 Å². The van der Waals surface area contributed by atoms with E-state index in [0.29, 0.717) is 13.0 Å². The minimum absolute atomic E-state index is 0.158. The fraction of sp³-hybridized carbons (Fsp3) is 0.500. The van der Waals surface area contributed by atoms with E-state index < -0.39 is 11.7 Å². The summed E-state index contributed by atoms with van der Waals surface area (Å²) in [7, 11) is 2.06.